The minimum Gasteiger partial charge on any atom is -0.476 e. The molecule has 4 heterocycles. The first-order valence-corrected chi connectivity index (χ1v) is 17.6. The number of hydrogen-bond acceptors (Lipinski definition) is 7. The molecular weight excluding hydrogens is 652 g/mol. The van der Waals surface area contributed by atoms with Crippen LogP contribution in [0.2, 0.25) is 0 Å². The van der Waals surface area contributed by atoms with Gasteiger partial charge in [0.25, 0.3) is 0 Å². The van der Waals surface area contributed by atoms with Gasteiger partial charge in [0, 0.05) is 13.1 Å². The highest BCUT2D eigenvalue weighted by molar-refractivity contribution is 5.86. The Morgan fingerprint density at radius 3 is 1.60 bits per heavy atom. The van der Waals surface area contributed by atoms with Gasteiger partial charge in [-0.05, 0) is 122 Å². The number of nitrogens with zero attached hydrogens (tertiary/aromatic N) is 5. The monoisotopic (exact) mass is 714 g/mol. The number of aromatic nitrogens is 4. The first-order chi connectivity index (χ1) is 22.6. The molecule has 0 saturated carbocycles. The Labute approximate surface area is 306 Å². The fraction of sp³-hybridized carbons (Fsp3) is 0.615. The predicted octanol–water partition coefficient (Wildman–Crippen LogP) is 9.19. The van der Waals surface area contributed by atoms with E-state index in [-0.39, 0.29) is 39.4 Å². The van der Waals surface area contributed by atoms with Crippen LogP contribution in [0.5, 0.6) is 11.8 Å². The van der Waals surface area contributed by atoms with Crippen LogP contribution in [0.3, 0.4) is 0 Å². The Kier molecular flexibility index (Phi) is 16.4. The summed E-state index contributed by atoms with van der Waals surface area (Å²) in [6.07, 6.45) is 5.79. The van der Waals surface area contributed by atoms with E-state index in [1.807, 2.05) is 34.6 Å². The molecule has 50 heavy (non-hydrogen) atoms. The topological polar surface area (TPSA) is 95.7 Å². The third-order valence-corrected chi connectivity index (χ3v) is 8.97. The maximum atomic E-state index is 12.3. The van der Waals surface area contributed by atoms with Crippen molar-refractivity contribution in [2.75, 3.05) is 39.4 Å². The Morgan fingerprint density at radius 1 is 0.760 bits per heavy atom. The van der Waals surface area contributed by atoms with E-state index >= 15 is 0 Å². The van der Waals surface area contributed by atoms with E-state index in [0.717, 1.165) is 73.8 Å². The summed E-state index contributed by atoms with van der Waals surface area (Å²) in [7, 11) is 0. The van der Waals surface area contributed by atoms with Crippen molar-refractivity contribution in [3.8, 4) is 11.8 Å². The Morgan fingerprint density at radius 2 is 1.20 bits per heavy atom. The van der Waals surface area contributed by atoms with Gasteiger partial charge >= 0.3 is 6.09 Å². The Balaban J connectivity index is 0.000000339. The van der Waals surface area contributed by atoms with Crippen LogP contribution < -0.4 is 14.8 Å². The number of carbonyl (C=O) groups excluding carboxylic acids is 1. The van der Waals surface area contributed by atoms with Crippen LogP contribution in [-0.4, -0.2) is 75.5 Å². The molecule has 2 aliphatic rings. The van der Waals surface area contributed by atoms with Crippen molar-refractivity contribution in [2.45, 2.75) is 120 Å². The van der Waals surface area contributed by atoms with Crippen molar-refractivity contribution in [1.82, 2.24) is 29.8 Å². The van der Waals surface area contributed by atoms with E-state index in [0.29, 0.717) is 38.2 Å². The molecule has 0 atom stereocenters. The van der Waals surface area contributed by atoms with Crippen LogP contribution in [-0.2, 0) is 17.6 Å². The number of fused-ring (bicyclic) bond motifs is 2. The molecule has 0 spiro atoms. The molecule has 2 aromatic carbocycles. The van der Waals surface area contributed by atoms with Crippen LogP contribution in [0.4, 0.5) is 4.79 Å². The molecule has 11 heteroatoms. The van der Waals surface area contributed by atoms with Crippen LogP contribution in [0, 0.1) is 0 Å². The summed E-state index contributed by atoms with van der Waals surface area (Å²) in [5.41, 5.74) is 4.46. The van der Waals surface area contributed by atoms with Crippen molar-refractivity contribution >= 4 is 40.3 Å². The number of amides is 1. The lowest BCUT2D eigenvalue weighted by Crippen LogP contribution is -2.42. The molecule has 4 aromatic rings. The average molecular weight is 715 g/mol. The standard InChI is InChI=1S/C21H31N3O3.C16H23N3O.2CH4.ClH/c1-6-15-8-9-18-17(14-15)19(26-7-2)22-24(18)16-10-12-23(13-11-16)20(25)27-21(3,4)5;1-3-12-5-6-15-14(11-12)16(20-4-2)18-19(15)13-7-9-17-10-8-13;;;/h8-9,14,16H,6-7,10-13H2,1-5H3;5-6,11,13,17H,3-4,7-10H2,1-2H3;2*1H4;1H. The molecule has 2 saturated heterocycles. The van der Waals surface area contributed by atoms with Crippen LogP contribution in [0.15, 0.2) is 36.4 Å². The molecule has 6 rings (SSSR count). The maximum Gasteiger partial charge on any atom is 0.410 e. The number of likely N-dealkylation sites (tertiary alicyclic amines) is 1. The Hall–Kier alpha value is -3.50. The molecule has 0 bridgehead atoms. The van der Waals surface area contributed by atoms with Gasteiger partial charge in [-0.3, -0.25) is 9.36 Å². The largest absolute Gasteiger partial charge is 0.476 e. The van der Waals surface area contributed by atoms with Crippen molar-refractivity contribution in [3.05, 3.63) is 47.5 Å². The van der Waals surface area contributed by atoms with E-state index in [2.05, 4.69) is 64.9 Å². The summed E-state index contributed by atoms with van der Waals surface area (Å²) >= 11 is 0. The minimum absolute atomic E-state index is 0. The number of hydrogen-bond donors (Lipinski definition) is 1. The lowest BCUT2D eigenvalue weighted by molar-refractivity contribution is 0.0185. The van der Waals surface area contributed by atoms with Gasteiger partial charge < -0.3 is 24.4 Å². The summed E-state index contributed by atoms with van der Waals surface area (Å²) in [5, 5.41) is 15.2. The van der Waals surface area contributed by atoms with Crippen LogP contribution >= 0.6 is 12.4 Å². The molecular formula is C39H63ClN6O4. The molecule has 0 aliphatic carbocycles. The molecule has 0 radical (unpaired) electrons. The summed E-state index contributed by atoms with van der Waals surface area (Å²) in [4.78, 5) is 14.1. The third kappa shape index (κ3) is 10.1. The van der Waals surface area contributed by atoms with E-state index < -0.39 is 5.60 Å². The summed E-state index contributed by atoms with van der Waals surface area (Å²) in [6, 6.07) is 13.9. The molecule has 2 fully saturated rings. The predicted molar refractivity (Wildman–Crippen MR) is 208 cm³/mol. The van der Waals surface area contributed by atoms with Gasteiger partial charge in [0.1, 0.15) is 5.60 Å². The second-order valence-electron chi connectivity index (χ2n) is 13.5. The number of halogens is 1. The Bertz CT molecular complexity index is 1630. The van der Waals surface area contributed by atoms with E-state index in [1.54, 1.807) is 4.90 Å². The van der Waals surface area contributed by atoms with Crippen LogP contribution in [0.25, 0.3) is 21.8 Å². The molecule has 1 amide bonds. The summed E-state index contributed by atoms with van der Waals surface area (Å²) in [6.45, 7) is 18.8. The lowest BCUT2D eigenvalue weighted by Gasteiger charge is -2.33. The fourth-order valence-electron chi connectivity index (χ4n) is 6.47. The van der Waals surface area contributed by atoms with Gasteiger partial charge in [0.05, 0.1) is 47.1 Å². The zero-order valence-corrected chi connectivity index (χ0v) is 30.7. The van der Waals surface area contributed by atoms with Gasteiger partial charge in [-0.25, -0.2) is 4.79 Å². The van der Waals surface area contributed by atoms with Crippen molar-refractivity contribution in [1.29, 1.82) is 0 Å². The third-order valence-electron chi connectivity index (χ3n) is 8.97. The number of rotatable bonds is 8. The zero-order valence-electron chi connectivity index (χ0n) is 29.9. The molecule has 2 aromatic heterocycles. The highest BCUT2D eigenvalue weighted by Gasteiger charge is 2.29. The maximum absolute atomic E-state index is 12.3. The number of ether oxygens (including phenoxy) is 3. The first-order valence-electron chi connectivity index (χ1n) is 17.6. The smallest absolute Gasteiger partial charge is 0.410 e. The number of piperidine rings is 2. The highest BCUT2D eigenvalue weighted by atomic mass is 35.5. The minimum atomic E-state index is -0.463. The fourth-order valence-corrected chi connectivity index (χ4v) is 6.47. The number of aryl methyl sites for hydroxylation is 2. The van der Waals surface area contributed by atoms with Crippen LogP contribution in [0.1, 0.15) is 112 Å². The van der Waals surface area contributed by atoms with Gasteiger partial charge in [-0.2, -0.15) is 0 Å². The highest BCUT2D eigenvalue weighted by Crippen LogP contribution is 2.33. The van der Waals surface area contributed by atoms with Crippen molar-refractivity contribution < 1.29 is 19.0 Å². The SMILES string of the molecule is C.C.CCOc1nn(C2CCN(C(=O)OC(C)(C)C)CC2)c2ccc(CC)cc12.CCOc1nn(C2CCNCC2)c2ccc(CC)cc12.Cl. The molecule has 10 nitrogen and oxygen atoms in total. The van der Waals surface area contributed by atoms with Crippen molar-refractivity contribution in [3.63, 3.8) is 0 Å². The lowest BCUT2D eigenvalue weighted by atomic mass is 10.0. The zero-order chi connectivity index (χ0) is 33.6. The number of benzene rings is 2. The molecule has 2 aliphatic heterocycles. The first kappa shape index (κ1) is 42.7. The summed E-state index contributed by atoms with van der Waals surface area (Å²) in [5.74, 6) is 1.49. The van der Waals surface area contributed by atoms with E-state index in [1.165, 1.54) is 16.6 Å². The quantitative estimate of drug-likeness (QED) is 0.194. The second kappa shape index (κ2) is 19.2. The molecule has 280 valence electrons. The molecule has 1 N–H and O–H groups in total. The molecule has 0 unspecified atom stereocenters. The van der Waals surface area contributed by atoms with Gasteiger partial charge in [0.2, 0.25) is 11.8 Å². The van der Waals surface area contributed by atoms with Crippen molar-refractivity contribution in [2.24, 2.45) is 0 Å². The second-order valence-corrected chi connectivity index (χ2v) is 13.5. The normalized spacial score (nSPS) is 15.3. The average Bonchev–Trinajstić information content (AvgIpc) is 3.62. The van der Waals surface area contributed by atoms with E-state index in [4.69, 9.17) is 24.4 Å². The van der Waals surface area contributed by atoms with Gasteiger partial charge in [-0.15, -0.1) is 22.6 Å². The number of nitrogens with one attached hydrogen (secondary N) is 1. The number of carbonyl (C=O) groups is 1. The summed E-state index contributed by atoms with van der Waals surface area (Å²) < 4.78 is 21.3. The van der Waals surface area contributed by atoms with Gasteiger partial charge in [0.15, 0.2) is 0 Å². The van der Waals surface area contributed by atoms with E-state index in [9.17, 15) is 4.79 Å². The van der Waals surface area contributed by atoms with Gasteiger partial charge in [-0.1, -0.05) is 40.8 Å².